The SMILES string of the molecule is COc1ccn2c(=O)c(-c3cc4ccccc4o3)c(C(F)(F)F)nc2c1. The van der Waals surface area contributed by atoms with E-state index in [1.807, 2.05) is 0 Å². The standard InChI is InChI=1S/C18H11F3N2O3/c1-25-11-6-7-23-14(9-11)22-16(18(19,20)21)15(17(23)24)13-8-10-4-2-3-5-12(10)26-13/h2-9H,1H3. The molecule has 0 unspecified atom stereocenters. The number of halogens is 3. The number of benzene rings is 1. The Morgan fingerprint density at radius 2 is 1.92 bits per heavy atom. The van der Waals surface area contributed by atoms with E-state index in [0.717, 1.165) is 4.40 Å². The fraction of sp³-hybridized carbons (Fsp3) is 0.111. The molecule has 0 fully saturated rings. The summed E-state index contributed by atoms with van der Waals surface area (Å²) in [7, 11) is 1.37. The summed E-state index contributed by atoms with van der Waals surface area (Å²) in [5.74, 6) is 0.114. The first-order chi connectivity index (χ1) is 12.4. The van der Waals surface area contributed by atoms with Crippen molar-refractivity contribution in [3.63, 3.8) is 0 Å². The van der Waals surface area contributed by atoms with Crippen LogP contribution in [0.4, 0.5) is 13.2 Å². The largest absolute Gasteiger partial charge is 0.497 e. The summed E-state index contributed by atoms with van der Waals surface area (Å²) < 4.78 is 52.3. The lowest BCUT2D eigenvalue weighted by Crippen LogP contribution is -2.23. The third-order valence-corrected chi connectivity index (χ3v) is 3.98. The zero-order valence-electron chi connectivity index (χ0n) is 13.4. The molecule has 0 saturated carbocycles. The second-order valence-corrected chi connectivity index (χ2v) is 5.58. The van der Waals surface area contributed by atoms with E-state index in [9.17, 15) is 18.0 Å². The number of rotatable bonds is 2. The van der Waals surface area contributed by atoms with E-state index >= 15 is 0 Å². The van der Waals surface area contributed by atoms with Gasteiger partial charge in [0.1, 0.15) is 28.3 Å². The number of alkyl halides is 3. The van der Waals surface area contributed by atoms with E-state index in [2.05, 4.69) is 4.98 Å². The lowest BCUT2D eigenvalue weighted by molar-refractivity contribution is -0.140. The van der Waals surface area contributed by atoms with Crippen LogP contribution in [0.5, 0.6) is 5.75 Å². The highest BCUT2D eigenvalue weighted by molar-refractivity contribution is 5.83. The van der Waals surface area contributed by atoms with E-state index in [-0.39, 0.29) is 11.4 Å². The first-order valence-electron chi connectivity index (χ1n) is 7.55. The van der Waals surface area contributed by atoms with Crippen molar-refractivity contribution in [3.05, 3.63) is 64.7 Å². The molecule has 0 atom stereocenters. The summed E-state index contributed by atoms with van der Waals surface area (Å²) in [6.07, 6.45) is -3.51. The number of fused-ring (bicyclic) bond motifs is 2. The molecule has 26 heavy (non-hydrogen) atoms. The number of pyridine rings is 1. The Labute approximate surface area is 144 Å². The Bertz CT molecular complexity index is 1160. The molecule has 0 aliphatic heterocycles. The molecule has 4 rings (SSSR count). The Morgan fingerprint density at radius 3 is 2.62 bits per heavy atom. The Balaban J connectivity index is 2.09. The smallest absolute Gasteiger partial charge is 0.434 e. The van der Waals surface area contributed by atoms with Crippen molar-refractivity contribution < 1.29 is 22.3 Å². The Hall–Kier alpha value is -3.29. The van der Waals surface area contributed by atoms with Gasteiger partial charge in [0.25, 0.3) is 5.56 Å². The van der Waals surface area contributed by atoms with Gasteiger partial charge >= 0.3 is 6.18 Å². The molecular formula is C18H11F3N2O3. The van der Waals surface area contributed by atoms with E-state index in [1.54, 1.807) is 24.3 Å². The van der Waals surface area contributed by atoms with Crippen LogP contribution in [0.2, 0.25) is 0 Å². The van der Waals surface area contributed by atoms with Crippen LogP contribution in [0.1, 0.15) is 5.69 Å². The van der Waals surface area contributed by atoms with Gasteiger partial charge in [0.05, 0.1) is 7.11 Å². The molecule has 5 nitrogen and oxygen atoms in total. The number of methoxy groups -OCH3 is 1. The van der Waals surface area contributed by atoms with Gasteiger partial charge in [0.2, 0.25) is 0 Å². The molecule has 8 heteroatoms. The molecule has 4 aromatic rings. The van der Waals surface area contributed by atoms with Crippen molar-refractivity contribution in [2.45, 2.75) is 6.18 Å². The minimum Gasteiger partial charge on any atom is -0.497 e. The second-order valence-electron chi connectivity index (χ2n) is 5.58. The lowest BCUT2D eigenvalue weighted by Gasteiger charge is -2.12. The normalized spacial score (nSPS) is 12.0. The minimum absolute atomic E-state index is 0.165. The van der Waals surface area contributed by atoms with Crippen LogP contribution < -0.4 is 10.3 Å². The third kappa shape index (κ3) is 2.50. The summed E-state index contributed by atoms with van der Waals surface area (Å²) in [6, 6.07) is 10.8. The first-order valence-corrected chi connectivity index (χ1v) is 7.55. The third-order valence-electron chi connectivity index (χ3n) is 3.98. The van der Waals surface area contributed by atoms with E-state index < -0.39 is 23.0 Å². The predicted octanol–water partition coefficient (Wildman–Crippen LogP) is 4.14. The van der Waals surface area contributed by atoms with E-state index in [1.165, 1.54) is 31.5 Å². The number of nitrogens with zero attached hydrogens (tertiary/aromatic N) is 2. The van der Waals surface area contributed by atoms with Crippen LogP contribution in [-0.4, -0.2) is 16.5 Å². The second kappa shape index (κ2) is 5.62. The van der Waals surface area contributed by atoms with E-state index in [0.29, 0.717) is 16.7 Å². The van der Waals surface area contributed by atoms with Crippen LogP contribution in [0, 0.1) is 0 Å². The number of ether oxygens (including phenoxy) is 1. The van der Waals surface area contributed by atoms with Gasteiger partial charge in [-0.05, 0) is 18.2 Å². The molecule has 3 heterocycles. The quantitative estimate of drug-likeness (QED) is 0.539. The number of para-hydroxylation sites is 1. The average molecular weight is 360 g/mol. The average Bonchev–Trinajstić information content (AvgIpc) is 3.03. The summed E-state index contributed by atoms with van der Waals surface area (Å²) in [5, 5.41) is 0.592. The Kier molecular flexibility index (Phi) is 3.50. The summed E-state index contributed by atoms with van der Waals surface area (Å²) in [6.45, 7) is 0. The van der Waals surface area contributed by atoms with Crippen LogP contribution in [0.15, 0.2) is 57.9 Å². The maximum atomic E-state index is 13.6. The molecule has 0 aliphatic carbocycles. The fourth-order valence-electron chi connectivity index (χ4n) is 2.78. The summed E-state index contributed by atoms with van der Waals surface area (Å²) in [5.41, 5.74) is -2.58. The van der Waals surface area contributed by atoms with Gasteiger partial charge in [0.15, 0.2) is 5.69 Å². The number of hydrogen-bond acceptors (Lipinski definition) is 4. The van der Waals surface area contributed by atoms with Gasteiger partial charge in [-0.1, -0.05) is 18.2 Å². The maximum Gasteiger partial charge on any atom is 0.434 e. The number of aromatic nitrogens is 2. The molecular weight excluding hydrogens is 349 g/mol. The van der Waals surface area contributed by atoms with Gasteiger partial charge in [0, 0.05) is 17.6 Å². The monoisotopic (exact) mass is 360 g/mol. The molecule has 0 aliphatic rings. The molecule has 3 aromatic heterocycles. The number of furan rings is 1. The number of hydrogen-bond donors (Lipinski definition) is 0. The Morgan fingerprint density at radius 1 is 1.15 bits per heavy atom. The van der Waals surface area contributed by atoms with Crippen molar-refractivity contribution in [2.75, 3.05) is 7.11 Å². The molecule has 0 N–H and O–H groups in total. The molecule has 0 saturated heterocycles. The van der Waals surface area contributed by atoms with Crippen molar-refractivity contribution in [1.82, 2.24) is 9.38 Å². The summed E-state index contributed by atoms with van der Waals surface area (Å²) in [4.78, 5) is 16.5. The first kappa shape index (κ1) is 16.2. The molecule has 0 amide bonds. The predicted molar refractivity (Wildman–Crippen MR) is 88.2 cm³/mol. The highest BCUT2D eigenvalue weighted by Gasteiger charge is 2.39. The van der Waals surface area contributed by atoms with Crippen LogP contribution in [-0.2, 0) is 6.18 Å². The zero-order valence-corrected chi connectivity index (χ0v) is 13.4. The highest BCUT2D eigenvalue weighted by atomic mass is 19.4. The van der Waals surface area contributed by atoms with Gasteiger partial charge in [-0.3, -0.25) is 9.20 Å². The maximum absolute atomic E-state index is 13.6. The van der Waals surface area contributed by atoms with Crippen LogP contribution >= 0.6 is 0 Å². The van der Waals surface area contributed by atoms with Crippen molar-refractivity contribution in [1.29, 1.82) is 0 Å². The van der Waals surface area contributed by atoms with Gasteiger partial charge in [-0.25, -0.2) is 4.98 Å². The van der Waals surface area contributed by atoms with Gasteiger partial charge in [-0.2, -0.15) is 13.2 Å². The van der Waals surface area contributed by atoms with Crippen LogP contribution in [0.3, 0.4) is 0 Å². The minimum atomic E-state index is -4.83. The van der Waals surface area contributed by atoms with Crippen molar-refractivity contribution >= 4 is 16.6 Å². The topological polar surface area (TPSA) is 56.7 Å². The molecule has 132 valence electrons. The fourth-order valence-corrected chi connectivity index (χ4v) is 2.78. The lowest BCUT2D eigenvalue weighted by atomic mass is 10.1. The molecule has 0 bridgehead atoms. The molecule has 1 aromatic carbocycles. The molecule has 0 radical (unpaired) electrons. The van der Waals surface area contributed by atoms with Crippen molar-refractivity contribution in [3.8, 4) is 17.1 Å². The van der Waals surface area contributed by atoms with Crippen molar-refractivity contribution in [2.24, 2.45) is 0 Å². The summed E-state index contributed by atoms with van der Waals surface area (Å²) >= 11 is 0. The van der Waals surface area contributed by atoms with Crippen LogP contribution in [0.25, 0.3) is 27.9 Å². The van der Waals surface area contributed by atoms with Gasteiger partial charge < -0.3 is 9.15 Å². The van der Waals surface area contributed by atoms with Gasteiger partial charge in [-0.15, -0.1) is 0 Å². The van der Waals surface area contributed by atoms with E-state index in [4.69, 9.17) is 9.15 Å². The molecule has 0 spiro atoms. The highest BCUT2D eigenvalue weighted by Crippen LogP contribution is 2.36. The zero-order chi connectivity index (χ0) is 18.5.